The molecular formula is C20H38O. The van der Waals surface area contributed by atoms with Gasteiger partial charge in [0.25, 0.3) is 0 Å². The summed E-state index contributed by atoms with van der Waals surface area (Å²) < 4.78 is 0. The smallest absolute Gasteiger partial charge is 0.136 e. The van der Waals surface area contributed by atoms with Gasteiger partial charge < -0.3 is 0 Å². The molecule has 0 bridgehead atoms. The lowest BCUT2D eigenvalue weighted by molar-refractivity contribution is -0.125. The van der Waals surface area contributed by atoms with Crippen molar-refractivity contribution in [2.75, 3.05) is 0 Å². The Morgan fingerprint density at radius 3 is 2.14 bits per heavy atom. The Morgan fingerprint density at radius 1 is 0.857 bits per heavy atom. The summed E-state index contributed by atoms with van der Waals surface area (Å²) >= 11 is 0. The van der Waals surface area contributed by atoms with E-state index in [9.17, 15) is 4.79 Å². The number of Topliss-reactive ketones (excluding diaryl/α,β-unsaturated/α-hetero) is 1. The van der Waals surface area contributed by atoms with E-state index in [0.717, 1.165) is 25.2 Å². The molecule has 0 spiro atoms. The normalized spacial score (nSPS) is 17.8. The number of hydrogen-bond donors (Lipinski definition) is 0. The van der Waals surface area contributed by atoms with Gasteiger partial charge in [-0.15, -0.1) is 0 Å². The van der Waals surface area contributed by atoms with Crippen LogP contribution in [0, 0.1) is 11.8 Å². The number of rotatable bonds is 12. The van der Waals surface area contributed by atoms with Crippen LogP contribution in [0.5, 0.6) is 0 Å². The molecule has 21 heavy (non-hydrogen) atoms. The molecule has 0 aromatic carbocycles. The highest BCUT2D eigenvalue weighted by Crippen LogP contribution is 2.34. The molecule has 0 aromatic rings. The van der Waals surface area contributed by atoms with Crippen LogP contribution in [-0.2, 0) is 4.79 Å². The highest BCUT2D eigenvalue weighted by atomic mass is 16.1. The molecule has 1 nitrogen and oxygen atoms in total. The third kappa shape index (κ3) is 8.02. The van der Waals surface area contributed by atoms with E-state index in [0.29, 0.717) is 11.7 Å². The molecule has 1 rings (SSSR count). The fourth-order valence-corrected chi connectivity index (χ4v) is 3.89. The highest BCUT2D eigenvalue weighted by Gasteiger charge is 2.28. The first-order valence-electron chi connectivity index (χ1n) is 9.82. The van der Waals surface area contributed by atoms with E-state index in [1.54, 1.807) is 0 Å². The third-order valence-corrected chi connectivity index (χ3v) is 5.28. The van der Waals surface area contributed by atoms with Crippen LogP contribution in [-0.4, -0.2) is 5.78 Å². The second-order valence-corrected chi connectivity index (χ2v) is 7.13. The monoisotopic (exact) mass is 294 g/mol. The summed E-state index contributed by atoms with van der Waals surface area (Å²) in [5.41, 5.74) is 0. The molecule has 0 radical (unpaired) electrons. The Balaban J connectivity index is 2.29. The topological polar surface area (TPSA) is 17.1 Å². The average Bonchev–Trinajstić information content (AvgIpc) is 2.52. The molecule has 1 heteroatoms. The van der Waals surface area contributed by atoms with E-state index in [2.05, 4.69) is 13.8 Å². The minimum absolute atomic E-state index is 0.404. The minimum Gasteiger partial charge on any atom is -0.299 e. The Labute approximate surface area is 133 Å². The maximum atomic E-state index is 12.6. The zero-order valence-electron chi connectivity index (χ0n) is 14.7. The van der Waals surface area contributed by atoms with Crippen LogP contribution >= 0.6 is 0 Å². The second kappa shape index (κ2) is 12.2. The Kier molecular flexibility index (Phi) is 10.9. The van der Waals surface area contributed by atoms with E-state index in [1.807, 2.05) is 0 Å². The Bertz CT molecular complexity index is 253. The maximum Gasteiger partial charge on any atom is 0.136 e. The van der Waals surface area contributed by atoms with Crippen molar-refractivity contribution in [3.63, 3.8) is 0 Å². The van der Waals surface area contributed by atoms with Gasteiger partial charge in [0, 0.05) is 12.3 Å². The lowest BCUT2D eigenvalue weighted by atomic mass is 9.75. The van der Waals surface area contributed by atoms with Gasteiger partial charge in [-0.2, -0.15) is 0 Å². The number of carbonyl (C=O) groups excluding carboxylic acids is 1. The quantitative estimate of drug-likeness (QED) is 0.366. The number of ketones is 1. The molecule has 124 valence electrons. The van der Waals surface area contributed by atoms with Gasteiger partial charge in [-0.25, -0.2) is 0 Å². The Hall–Kier alpha value is -0.330. The molecule has 0 aliphatic heterocycles. The zero-order chi connectivity index (χ0) is 15.3. The van der Waals surface area contributed by atoms with E-state index in [1.165, 1.54) is 77.0 Å². The predicted molar refractivity (Wildman–Crippen MR) is 92.6 cm³/mol. The van der Waals surface area contributed by atoms with Crippen molar-refractivity contribution in [3.8, 4) is 0 Å². The highest BCUT2D eigenvalue weighted by molar-refractivity contribution is 5.81. The van der Waals surface area contributed by atoms with Crippen molar-refractivity contribution >= 4 is 5.78 Å². The van der Waals surface area contributed by atoms with E-state index in [-0.39, 0.29) is 0 Å². The van der Waals surface area contributed by atoms with Crippen LogP contribution in [0.15, 0.2) is 0 Å². The maximum absolute atomic E-state index is 12.6. The van der Waals surface area contributed by atoms with Crippen LogP contribution in [0.25, 0.3) is 0 Å². The second-order valence-electron chi connectivity index (χ2n) is 7.13. The summed E-state index contributed by atoms with van der Waals surface area (Å²) in [5, 5.41) is 0. The summed E-state index contributed by atoms with van der Waals surface area (Å²) in [6, 6.07) is 0. The molecule has 0 saturated heterocycles. The number of unbranched alkanes of at least 4 members (excludes halogenated alkanes) is 6. The number of hydrogen-bond acceptors (Lipinski definition) is 1. The summed E-state index contributed by atoms with van der Waals surface area (Å²) in [6.45, 7) is 4.50. The van der Waals surface area contributed by atoms with Gasteiger partial charge in [-0.05, 0) is 31.6 Å². The van der Waals surface area contributed by atoms with Crippen molar-refractivity contribution in [1.29, 1.82) is 0 Å². The lowest BCUT2D eigenvalue weighted by Gasteiger charge is -2.29. The number of carbonyl (C=O) groups is 1. The van der Waals surface area contributed by atoms with Gasteiger partial charge in [0.05, 0.1) is 0 Å². The molecule has 0 aromatic heterocycles. The molecule has 1 aliphatic rings. The van der Waals surface area contributed by atoms with Crippen molar-refractivity contribution in [1.82, 2.24) is 0 Å². The average molecular weight is 295 g/mol. The van der Waals surface area contributed by atoms with Crippen molar-refractivity contribution in [2.45, 2.75) is 110 Å². The van der Waals surface area contributed by atoms with Crippen LogP contribution < -0.4 is 0 Å². The zero-order valence-corrected chi connectivity index (χ0v) is 14.7. The summed E-state index contributed by atoms with van der Waals surface area (Å²) in [5.74, 6) is 1.73. The van der Waals surface area contributed by atoms with Gasteiger partial charge in [0.15, 0.2) is 0 Å². The standard InChI is InChI=1S/C20H38O/c1-3-5-7-8-9-13-17-20(21)19(16-6-4-2)18-14-11-10-12-15-18/h18-19H,3-17H2,1-2H3. The first-order chi connectivity index (χ1) is 10.3. The molecule has 0 heterocycles. The fourth-order valence-electron chi connectivity index (χ4n) is 3.89. The summed E-state index contributed by atoms with van der Waals surface area (Å²) in [7, 11) is 0. The third-order valence-electron chi connectivity index (χ3n) is 5.28. The van der Waals surface area contributed by atoms with Crippen LogP contribution in [0.3, 0.4) is 0 Å². The molecule has 1 unspecified atom stereocenters. The van der Waals surface area contributed by atoms with Gasteiger partial charge in [0.1, 0.15) is 5.78 Å². The molecular weight excluding hydrogens is 256 g/mol. The van der Waals surface area contributed by atoms with E-state index >= 15 is 0 Å². The first kappa shape index (κ1) is 18.7. The van der Waals surface area contributed by atoms with Crippen LogP contribution in [0.2, 0.25) is 0 Å². The van der Waals surface area contributed by atoms with E-state index in [4.69, 9.17) is 0 Å². The fraction of sp³-hybridized carbons (Fsp3) is 0.950. The van der Waals surface area contributed by atoms with Crippen LogP contribution in [0.1, 0.15) is 110 Å². The lowest BCUT2D eigenvalue weighted by Crippen LogP contribution is -2.25. The van der Waals surface area contributed by atoms with Crippen molar-refractivity contribution in [2.24, 2.45) is 11.8 Å². The van der Waals surface area contributed by atoms with Crippen molar-refractivity contribution < 1.29 is 4.79 Å². The van der Waals surface area contributed by atoms with Gasteiger partial charge in [-0.3, -0.25) is 4.79 Å². The van der Waals surface area contributed by atoms with E-state index < -0.39 is 0 Å². The largest absolute Gasteiger partial charge is 0.299 e. The molecule has 1 saturated carbocycles. The predicted octanol–water partition coefficient (Wildman–Crippen LogP) is 6.69. The molecule has 1 fully saturated rings. The molecule has 1 atom stereocenters. The Morgan fingerprint density at radius 2 is 1.48 bits per heavy atom. The SMILES string of the molecule is CCCCCCCCC(=O)C(CCCC)C1CCCCC1. The van der Waals surface area contributed by atoms with Gasteiger partial charge in [0.2, 0.25) is 0 Å². The molecule has 0 amide bonds. The summed E-state index contributed by atoms with van der Waals surface area (Å²) in [4.78, 5) is 12.6. The molecule has 0 N–H and O–H groups in total. The van der Waals surface area contributed by atoms with Crippen molar-refractivity contribution in [3.05, 3.63) is 0 Å². The first-order valence-corrected chi connectivity index (χ1v) is 9.82. The summed E-state index contributed by atoms with van der Waals surface area (Å²) in [6.07, 6.45) is 19.0. The minimum atomic E-state index is 0.404. The van der Waals surface area contributed by atoms with Gasteiger partial charge >= 0.3 is 0 Å². The van der Waals surface area contributed by atoms with Gasteiger partial charge in [-0.1, -0.05) is 78.1 Å². The van der Waals surface area contributed by atoms with Crippen LogP contribution in [0.4, 0.5) is 0 Å². The molecule has 1 aliphatic carbocycles.